The van der Waals surface area contributed by atoms with Gasteiger partial charge < -0.3 is 0 Å². The van der Waals surface area contributed by atoms with Gasteiger partial charge in [0, 0.05) is 7.05 Å². The largest absolute Gasteiger partial charge is 0.246 e. The zero-order valence-corrected chi connectivity index (χ0v) is 13.4. The van der Waals surface area contributed by atoms with E-state index in [0.29, 0.717) is 5.01 Å². The third-order valence-electron chi connectivity index (χ3n) is 3.22. The number of para-hydroxylation sites is 1. The minimum Gasteiger partial charge on any atom is -0.240 e. The van der Waals surface area contributed by atoms with E-state index >= 15 is 0 Å². The van der Waals surface area contributed by atoms with Crippen molar-refractivity contribution in [2.24, 2.45) is 0 Å². The van der Waals surface area contributed by atoms with E-state index in [0.717, 1.165) is 20.6 Å². The Balaban J connectivity index is 1.90. The molecule has 0 aliphatic carbocycles. The molecule has 1 aromatic heterocycles. The number of hydrogen-bond donors (Lipinski definition) is 0. The van der Waals surface area contributed by atoms with Crippen LogP contribution in [0, 0.1) is 5.82 Å². The Hall–Kier alpha value is -1.83. The van der Waals surface area contributed by atoms with E-state index < -0.39 is 15.8 Å². The van der Waals surface area contributed by atoms with Gasteiger partial charge in [-0.1, -0.05) is 24.3 Å². The molecule has 0 N–H and O–H groups in total. The van der Waals surface area contributed by atoms with Crippen LogP contribution >= 0.6 is 11.3 Å². The number of hydrogen-bond acceptors (Lipinski definition) is 4. The van der Waals surface area contributed by atoms with Crippen LogP contribution in [0.2, 0.25) is 0 Å². The van der Waals surface area contributed by atoms with Crippen molar-refractivity contribution in [1.29, 1.82) is 0 Å². The fourth-order valence-corrected chi connectivity index (χ4v) is 4.38. The number of aromatic nitrogens is 1. The molecule has 0 amide bonds. The van der Waals surface area contributed by atoms with Gasteiger partial charge in [0.25, 0.3) is 0 Å². The van der Waals surface area contributed by atoms with Gasteiger partial charge in [0.2, 0.25) is 10.0 Å². The highest BCUT2D eigenvalue weighted by Gasteiger charge is 2.25. The van der Waals surface area contributed by atoms with E-state index in [-0.39, 0.29) is 11.4 Å². The lowest BCUT2D eigenvalue weighted by molar-refractivity contribution is 0.459. The zero-order valence-electron chi connectivity index (χ0n) is 11.7. The van der Waals surface area contributed by atoms with E-state index in [1.54, 1.807) is 0 Å². The predicted molar refractivity (Wildman–Crippen MR) is 84.7 cm³/mol. The summed E-state index contributed by atoms with van der Waals surface area (Å²) in [4.78, 5) is 4.08. The molecule has 3 rings (SSSR count). The Morgan fingerprint density at radius 1 is 1.14 bits per heavy atom. The Bertz CT molecular complexity index is 889. The first-order valence-corrected chi connectivity index (χ1v) is 8.79. The van der Waals surface area contributed by atoms with E-state index in [4.69, 9.17) is 0 Å². The molecular weight excluding hydrogens is 323 g/mol. The number of benzene rings is 2. The summed E-state index contributed by atoms with van der Waals surface area (Å²) < 4.78 is 40.7. The Morgan fingerprint density at radius 3 is 2.55 bits per heavy atom. The highest BCUT2D eigenvalue weighted by Crippen LogP contribution is 2.25. The third-order valence-corrected chi connectivity index (χ3v) is 6.08. The van der Waals surface area contributed by atoms with Crippen LogP contribution in [0.15, 0.2) is 53.4 Å². The van der Waals surface area contributed by atoms with Gasteiger partial charge in [0.15, 0.2) is 0 Å². The van der Waals surface area contributed by atoms with E-state index in [9.17, 15) is 12.8 Å². The minimum absolute atomic E-state index is 0.107. The molecule has 114 valence electrons. The lowest BCUT2D eigenvalue weighted by Crippen LogP contribution is -2.27. The van der Waals surface area contributed by atoms with Gasteiger partial charge >= 0.3 is 0 Å². The summed E-state index contributed by atoms with van der Waals surface area (Å²) in [7, 11) is -2.46. The summed E-state index contributed by atoms with van der Waals surface area (Å²) in [6.07, 6.45) is 0. The zero-order chi connectivity index (χ0) is 15.7. The van der Waals surface area contributed by atoms with E-state index in [2.05, 4.69) is 4.98 Å². The van der Waals surface area contributed by atoms with Crippen molar-refractivity contribution < 1.29 is 12.8 Å². The predicted octanol–water partition coefficient (Wildman–Crippen LogP) is 3.26. The summed E-state index contributed by atoms with van der Waals surface area (Å²) >= 11 is 1.43. The lowest BCUT2D eigenvalue weighted by Gasteiger charge is -2.16. The molecular formula is C15H13FN2O2S2. The number of fused-ring (bicyclic) bond motifs is 1. The van der Waals surface area contributed by atoms with Crippen molar-refractivity contribution in [3.8, 4) is 0 Å². The van der Waals surface area contributed by atoms with Gasteiger partial charge in [-0.25, -0.2) is 17.8 Å². The summed E-state index contributed by atoms with van der Waals surface area (Å²) in [5.74, 6) is -0.751. The SMILES string of the molecule is CN(Cc1nc2ccccc2s1)S(=O)(=O)c1ccccc1F. The second kappa shape index (κ2) is 5.75. The molecule has 0 saturated carbocycles. The Morgan fingerprint density at radius 2 is 1.82 bits per heavy atom. The van der Waals surface area contributed by atoms with Gasteiger partial charge in [-0.2, -0.15) is 4.31 Å². The molecule has 0 radical (unpaired) electrons. The normalized spacial score (nSPS) is 12.1. The summed E-state index contributed by atoms with van der Waals surface area (Å²) in [5.41, 5.74) is 0.833. The molecule has 1 heterocycles. The summed E-state index contributed by atoms with van der Waals surface area (Å²) in [6, 6.07) is 13.0. The van der Waals surface area contributed by atoms with E-state index in [1.165, 1.54) is 36.6 Å². The maximum atomic E-state index is 13.7. The average Bonchev–Trinajstić information content (AvgIpc) is 2.89. The second-order valence-electron chi connectivity index (χ2n) is 4.77. The minimum atomic E-state index is -3.88. The van der Waals surface area contributed by atoms with Crippen LogP contribution in [0.4, 0.5) is 4.39 Å². The molecule has 22 heavy (non-hydrogen) atoms. The van der Waals surface area contributed by atoms with Crippen molar-refractivity contribution in [2.75, 3.05) is 7.05 Å². The molecule has 0 unspecified atom stereocenters. The van der Waals surface area contributed by atoms with Gasteiger partial charge in [-0.15, -0.1) is 11.3 Å². The van der Waals surface area contributed by atoms with Crippen molar-refractivity contribution in [3.05, 3.63) is 59.4 Å². The van der Waals surface area contributed by atoms with E-state index in [1.807, 2.05) is 24.3 Å². The molecule has 2 aromatic carbocycles. The average molecular weight is 336 g/mol. The molecule has 0 aliphatic rings. The first-order chi connectivity index (χ1) is 10.5. The summed E-state index contributed by atoms with van der Waals surface area (Å²) in [5, 5.41) is 0.670. The summed E-state index contributed by atoms with van der Waals surface area (Å²) in [6.45, 7) is 0.107. The van der Waals surface area contributed by atoms with Crippen LogP contribution < -0.4 is 0 Å². The standard InChI is InChI=1S/C15H13FN2O2S2/c1-18(22(19,20)14-9-5-2-6-11(14)16)10-15-17-12-7-3-4-8-13(12)21-15/h2-9H,10H2,1H3. The van der Waals surface area contributed by atoms with Crippen LogP contribution in [-0.4, -0.2) is 24.8 Å². The highest BCUT2D eigenvalue weighted by molar-refractivity contribution is 7.89. The topological polar surface area (TPSA) is 50.3 Å². The monoisotopic (exact) mass is 336 g/mol. The van der Waals surface area contributed by atoms with Gasteiger partial charge in [-0.3, -0.25) is 0 Å². The molecule has 0 fully saturated rings. The van der Waals surface area contributed by atoms with Crippen molar-refractivity contribution >= 4 is 31.6 Å². The molecule has 0 spiro atoms. The fraction of sp³-hybridized carbons (Fsp3) is 0.133. The van der Waals surface area contributed by atoms with Crippen LogP contribution in [-0.2, 0) is 16.6 Å². The molecule has 3 aromatic rings. The van der Waals surface area contributed by atoms with Crippen molar-refractivity contribution in [2.45, 2.75) is 11.4 Å². The molecule has 0 bridgehead atoms. The lowest BCUT2D eigenvalue weighted by atomic mass is 10.3. The third kappa shape index (κ3) is 2.75. The maximum absolute atomic E-state index is 13.7. The van der Waals surface area contributed by atoms with Crippen LogP contribution in [0.25, 0.3) is 10.2 Å². The van der Waals surface area contributed by atoms with Crippen LogP contribution in [0.3, 0.4) is 0 Å². The highest BCUT2D eigenvalue weighted by atomic mass is 32.2. The number of thiazole rings is 1. The quantitative estimate of drug-likeness (QED) is 0.735. The number of rotatable bonds is 4. The molecule has 0 atom stereocenters. The van der Waals surface area contributed by atoms with Gasteiger partial charge in [0.1, 0.15) is 15.7 Å². The molecule has 7 heteroatoms. The molecule has 4 nitrogen and oxygen atoms in total. The number of nitrogens with zero attached hydrogens (tertiary/aromatic N) is 2. The van der Waals surface area contributed by atoms with Crippen molar-refractivity contribution in [1.82, 2.24) is 9.29 Å². The molecule has 0 saturated heterocycles. The first-order valence-electron chi connectivity index (χ1n) is 6.54. The van der Waals surface area contributed by atoms with Gasteiger partial charge in [0.05, 0.1) is 16.8 Å². The Kier molecular flexibility index (Phi) is 3.94. The second-order valence-corrected chi connectivity index (χ2v) is 7.90. The van der Waals surface area contributed by atoms with Crippen LogP contribution in [0.5, 0.6) is 0 Å². The smallest absolute Gasteiger partial charge is 0.240 e. The van der Waals surface area contributed by atoms with Crippen molar-refractivity contribution in [3.63, 3.8) is 0 Å². The van der Waals surface area contributed by atoms with Crippen LogP contribution in [0.1, 0.15) is 5.01 Å². The number of halogens is 1. The van der Waals surface area contributed by atoms with Gasteiger partial charge in [-0.05, 0) is 24.3 Å². The number of sulfonamides is 1. The first kappa shape index (κ1) is 15.1. The fourth-order valence-electron chi connectivity index (χ4n) is 2.08. The Labute approximate surface area is 131 Å². The maximum Gasteiger partial charge on any atom is 0.246 e. The molecule has 0 aliphatic heterocycles.